The normalized spacial score (nSPS) is 10.6. The molecular formula is C15H12N2O2S. The Morgan fingerprint density at radius 1 is 1.05 bits per heavy atom. The van der Waals surface area contributed by atoms with Crippen molar-refractivity contribution in [3.05, 3.63) is 70.5 Å². The molecule has 0 bridgehead atoms. The van der Waals surface area contributed by atoms with E-state index in [1.807, 2.05) is 42.5 Å². The number of nitrogens with one attached hydrogen (secondary N) is 1. The molecule has 5 heteroatoms. The van der Waals surface area contributed by atoms with E-state index in [2.05, 4.69) is 5.32 Å². The van der Waals surface area contributed by atoms with Gasteiger partial charge in [-0.3, -0.25) is 4.79 Å². The van der Waals surface area contributed by atoms with Gasteiger partial charge in [0.05, 0.1) is 10.1 Å². The molecule has 0 radical (unpaired) electrons. The molecule has 2 aromatic carbocycles. The highest BCUT2D eigenvalue weighted by molar-refractivity contribution is 7.14. The summed E-state index contributed by atoms with van der Waals surface area (Å²) in [7, 11) is 0. The number of fused-ring (bicyclic) bond motifs is 1. The van der Waals surface area contributed by atoms with Crippen LogP contribution in [0.15, 0.2) is 59.4 Å². The molecule has 3 aromatic rings. The smallest absolute Gasteiger partial charge is 0.333 e. The molecule has 0 fully saturated rings. The zero-order valence-corrected chi connectivity index (χ0v) is 11.4. The molecule has 1 heterocycles. The molecule has 0 aliphatic heterocycles. The van der Waals surface area contributed by atoms with Crippen LogP contribution >= 0.6 is 11.5 Å². The van der Waals surface area contributed by atoms with Crippen molar-refractivity contribution in [1.29, 1.82) is 0 Å². The summed E-state index contributed by atoms with van der Waals surface area (Å²) in [5, 5.41) is 3.33. The van der Waals surface area contributed by atoms with Crippen LogP contribution in [0.25, 0.3) is 10.1 Å². The summed E-state index contributed by atoms with van der Waals surface area (Å²) in [6, 6.07) is 16.4. The van der Waals surface area contributed by atoms with Gasteiger partial charge in [-0.05, 0) is 29.2 Å². The highest BCUT2D eigenvalue weighted by atomic mass is 32.1. The predicted octanol–water partition coefficient (Wildman–Crippen LogP) is 2.82. The lowest BCUT2D eigenvalue weighted by Gasteiger charge is -2.03. The van der Waals surface area contributed by atoms with Crippen LogP contribution in [0.3, 0.4) is 0 Å². The zero-order valence-electron chi connectivity index (χ0n) is 10.6. The largest absolute Gasteiger partial charge is 0.338 e. The third-order valence-corrected chi connectivity index (χ3v) is 4.03. The first-order chi connectivity index (χ1) is 9.75. The molecule has 1 N–H and O–H groups in total. The molecule has 20 heavy (non-hydrogen) atoms. The minimum Gasteiger partial charge on any atom is -0.333 e. The molecule has 4 nitrogen and oxygen atoms in total. The standard InChI is InChI=1S/C15H12N2O2S/c18-14-12-8-4-5-9-13(12)20-17(14)15(19)16-10-11-6-2-1-3-7-11/h1-9H,10H2,(H,16,19). The number of amides is 1. The zero-order chi connectivity index (χ0) is 13.9. The van der Waals surface area contributed by atoms with E-state index in [4.69, 9.17) is 0 Å². The first-order valence-electron chi connectivity index (χ1n) is 6.19. The number of aromatic nitrogens is 1. The number of carbonyl (C=O) groups excluding carboxylic acids is 1. The Balaban J connectivity index is 1.83. The maximum atomic E-state index is 12.1. The van der Waals surface area contributed by atoms with E-state index in [1.54, 1.807) is 12.1 Å². The fourth-order valence-corrected chi connectivity index (χ4v) is 2.87. The summed E-state index contributed by atoms with van der Waals surface area (Å²) in [4.78, 5) is 24.2. The van der Waals surface area contributed by atoms with Gasteiger partial charge in [-0.15, -0.1) is 0 Å². The molecule has 1 aromatic heterocycles. The van der Waals surface area contributed by atoms with Gasteiger partial charge in [-0.25, -0.2) is 4.79 Å². The van der Waals surface area contributed by atoms with Crippen molar-refractivity contribution in [2.45, 2.75) is 6.54 Å². The summed E-state index contributed by atoms with van der Waals surface area (Å²) in [6.07, 6.45) is 0. The average molecular weight is 284 g/mol. The van der Waals surface area contributed by atoms with Crippen LogP contribution in [0.2, 0.25) is 0 Å². The summed E-state index contributed by atoms with van der Waals surface area (Å²) < 4.78 is 1.97. The van der Waals surface area contributed by atoms with E-state index in [9.17, 15) is 9.59 Å². The molecule has 1 amide bonds. The van der Waals surface area contributed by atoms with E-state index >= 15 is 0 Å². The number of hydrogen-bond acceptors (Lipinski definition) is 3. The van der Waals surface area contributed by atoms with Gasteiger partial charge in [0.2, 0.25) is 0 Å². The van der Waals surface area contributed by atoms with E-state index in [0.29, 0.717) is 11.9 Å². The van der Waals surface area contributed by atoms with Crippen molar-refractivity contribution in [2.75, 3.05) is 0 Å². The predicted molar refractivity (Wildman–Crippen MR) is 80.2 cm³/mol. The van der Waals surface area contributed by atoms with Gasteiger partial charge in [0.1, 0.15) is 0 Å². The number of benzene rings is 2. The first kappa shape index (κ1) is 12.6. The quantitative estimate of drug-likeness (QED) is 0.786. The summed E-state index contributed by atoms with van der Waals surface area (Å²) in [5.41, 5.74) is 0.728. The first-order valence-corrected chi connectivity index (χ1v) is 6.96. The van der Waals surface area contributed by atoms with Crippen LogP contribution in [0, 0.1) is 0 Å². The van der Waals surface area contributed by atoms with E-state index in [-0.39, 0.29) is 11.6 Å². The van der Waals surface area contributed by atoms with Crippen molar-refractivity contribution in [3.63, 3.8) is 0 Å². The second kappa shape index (κ2) is 5.30. The summed E-state index contributed by atoms with van der Waals surface area (Å²) in [6.45, 7) is 0.403. The van der Waals surface area contributed by atoms with E-state index in [1.165, 1.54) is 0 Å². The lowest BCUT2D eigenvalue weighted by atomic mass is 10.2. The molecule has 0 aliphatic rings. The lowest BCUT2D eigenvalue weighted by Crippen LogP contribution is -2.32. The second-order valence-electron chi connectivity index (χ2n) is 4.33. The number of carbonyl (C=O) groups is 1. The summed E-state index contributed by atoms with van der Waals surface area (Å²) in [5.74, 6) is 0. The van der Waals surface area contributed by atoms with Crippen LogP contribution in [0.5, 0.6) is 0 Å². The SMILES string of the molecule is O=C(NCc1ccccc1)n1sc2ccccc2c1=O. The average Bonchev–Trinajstić information content (AvgIpc) is 2.84. The van der Waals surface area contributed by atoms with Crippen LogP contribution in [0.4, 0.5) is 4.79 Å². The third-order valence-electron chi connectivity index (χ3n) is 2.96. The highest BCUT2D eigenvalue weighted by Crippen LogP contribution is 2.15. The van der Waals surface area contributed by atoms with Crippen molar-refractivity contribution < 1.29 is 4.79 Å². The Morgan fingerprint density at radius 3 is 2.50 bits per heavy atom. The second-order valence-corrected chi connectivity index (χ2v) is 5.32. The Hall–Kier alpha value is -2.40. The van der Waals surface area contributed by atoms with Crippen LogP contribution in [-0.2, 0) is 6.54 Å². The van der Waals surface area contributed by atoms with Gasteiger partial charge in [0.15, 0.2) is 0 Å². The minimum atomic E-state index is -0.389. The van der Waals surface area contributed by atoms with Crippen LogP contribution in [0.1, 0.15) is 5.56 Å². The van der Waals surface area contributed by atoms with Gasteiger partial charge < -0.3 is 5.32 Å². The van der Waals surface area contributed by atoms with E-state index < -0.39 is 0 Å². The van der Waals surface area contributed by atoms with Crippen molar-refractivity contribution in [3.8, 4) is 0 Å². The van der Waals surface area contributed by atoms with Crippen molar-refractivity contribution >= 4 is 27.6 Å². The molecule has 0 unspecified atom stereocenters. The monoisotopic (exact) mass is 284 g/mol. The third kappa shape index (κ3) is 2.35. The lowest BCUT2D eigenvalue weighted by molar-refractivity contribution is 0.243. The minimum absolute atomic E-state index is 0.267. The molecule has 0 atom stereocenters. The number of rotatable bonds is 2. The molecule has 100 valence electrons. The molecule has 0 saturated carbocycles. The Morgan fingerprint density at radius 2 is 1.75 bits per heavy atom. The van der Waals surface area contributed by atoms with Crippen molar-refractivity contribution in [1.82, 2.24) is 9.27 Å². The van der Waals surface area contributed by atoms with Gasteiger partial charge in [-0.2, -0.15) is 3.96 Å². The Bertz CT molecular complexity index is 805. The molecule has 3 rings (SSSR count). The molecular weight excluding hydrogens is 272 g/mol. The number of nitrogens with zero attached hydrogens (tertiary/aromatic N) is 1. The van der Waals surface area contributed by atoms with Crippen LogP contribution < -0.4 is 10.9 Å². The highest BCUT2D eigenvalue weighted by Gasteiger charge is 2.12. The maximum absolute atomic E-state index is 12.1. The molecule has 0 spiro atoms. The van der Waals surface area contributed by atoms with Gasteiger partial charge >= 0.3 is 6.03 Å². The van der Waals surface area contributed by atoms with Crippen molar-refractivity contribution in [2.24, 2.45) is 0 Å². The molecule has 0 aliphatic carbocycles. The topological polar surface area (TPSA) is 51.1 Å². The number of hydrogen-bond donors (Lipinski definition) is 1. The Labute approximate surface area is 119 Å². The van der Waals surface area contributed by atoms with Gasteiger partial charge in [0.25, 0.3) is 5.56 Å². The fraction of sp³-hybridized carbons (Fsp3) is 0.0667. The maximum Gasteiger partial charge on any atom is 0.338 e. The van der Waals surface area contributed by atoms with Crippen LogP contribution in [-0.4, -0.2) is 9.99 Å². The Kier molecular flexibility index (Phi) is 3.35. The summed E-state index contributed by atoms with van der Waals surface area (Å²) >= 11 is 1.16. The van der Waals surface area contributed by atoms with Gasteiger partial charge in [0, 0.05) is 6.54 Å². The van der Waals surface area contributed by atoms with E-state index in [0.717, 1.165) is 25.8 Å². The fourth-order valence-electron chi connectivity index (χ4n) is 1.95. The molecule has 0 saturated heterocycles. The van der Waals surface area contributed by atoms with Gasteiger partial charge in [-0.1, -0.05) is 42.5 Å².